The molecule has 6 nitrogen and oxygen atoms in total. The molecule has 2 rings (SSSR count). The minimum absolute atomic E-state index is 0. The molecule has 0 unspecified atom stereocenters. The maximum absolute atomic E-state index is 11.3. The first-order chi connectivity index (χ1) is 10.9. The first kappa shape index (κ1) is 20.7. The number of nitrogens with zero attached hydrogens (tertiary/aromatic N) is 3. The summed E-state index contributed by atoms with van der Waals surface area (Å²) in [6, 6.07) is 6.23. The van der Waals surface area contributed by atoms with E-state index in [1.807, 2.05) is 4.90 Å². The zero-order valence-electron chi connectivity index (χ0n) is 14.7. The summed E-state index contributed by atoms with van der Waals surface area (Å²) in [5, 5.41) is 3.14. The fourth-order valence-corrected chi connectivity index (χ4v) is 2.83. The summed E-state index contributed by atoms with van der Waals surface area (Å²) in [6.07, 6.45) is 0. The smallest absolute Gasteiger partial charge is 0.219 e. The number of halogens is 1. The molecule has 1 amide bonds. The van der Waals surface area contributed by atoms with Gasteiger partial charge in [-0.15, -0.1) is 24.0 Å². The van der Waals surface area contributed by atoms with Gasteiger partial charge in [0, 0.05) is 45.3 Å². The summed E-state index contributed by atoms with van der Waals surface area (Å²) in [5.41, 5.74) is 9.32. The summed E-state index contributed by atoms with van der Waals surface area (Å²) >= 11 is 0. The third-order valence-electron chi connectivity index (χ3n) is 4.01. The number of guanidine groups is 1. The minimum atomic E-state index is 0. The summed E-state index contributed by atoms with van der Waals surface area (Å²) in [4.78, 5) is 19.9. The number of aryl methyl sites for hydroxylation is 2. The van der Waals surface area contributed by atoms with Crippen molar-refractivity contribution < 1.29 is 4.79 Å². The second-order valence-corrected chi connectivity index (χ2v) is 6.12. The fraction of sp³-hybridized carbons (Fsp3) is 0.529. The molecule has 3 N–H and O–H groups in total. The van der Waals surface area contributed by atoms with Gasteiger partial charge in [-0.2, -0.15) is 0 Å². The van der Waals surface area contributed by atoms with Gasteiger partial charge in [0.05, 0.1) is 6.54 Å². The number of amides is 1. The lowest BCUT2D eigenvalue weighted by Gasteiger charge is -2.33. The second kappa shape index (κ2) is 9.83. The highest BCUT2D eigenvalue weighted by Crippen LogP contribution is 2.13. The van der Waals surface area contributed by atoms with Crippen LogP contribution < -0.4 is 11.1 Å². The van der Waals surface area contributed by atoms with Gasteiger partial charge in [-0.25, -0.2) is 0 Å². The minimum Gasteiger partial charge on any atom is -0.370 e. The molecule has 0 bridgehead atoms. The van der Waals surface area contributed by atoms with Gasteiger partial charge in [-0.1, -0.05) is 6.07 Å². The van der Waals surface area contributed by atoms with Crippen molar-refractivity contribution in [1.82, 2.24) is 9.80 Å². The molecule has 0 saturated carbocycles. The van der Waals surface area contributed by atoms with Crippen LogP contribution in [0.25, 0.3) is 0 Å². The molecule has 0 aromatic heterocycles. The highest BCUT2D eigenvalue weighted by atomic mass is 127. The van der Waals surface area contributed by atoms with E-state index in [4.69, 9.17) is 5.73 Å². The van der Waals surface area contributed by atoms with Gasteiger partial charge in [-0.3, -0.25) is 14.7 Å². The van der Waals surface area contributed by atoms with E-state index in [9.17, 15) is 4.79 Å². The molecule has 0 spiro atoms. The number of benzene rings is 1. The van der Waals surface area contributed by atoms with Gasteiger partial charge in [0.2, 0.25) is 5.91 Å². The lowest BCUT2D eigenvalue weighted by molar-refractivity contribution is -0.130. The maximum Gasteiger partial charge on any atom is 0.219 e. The van der Waals surface area contributed by atoms with E-state index in [1.54, 1.807) is 6.92 Å². The van der Waals surface area contributed by atoms with Gasteiger partial charge in [-0.05, 0) is 37.1 Å². The van der Waals surface area contributed by atoms with Crippen LogP contribution in [0, 0.1) is 13.8 Å². The fourth-order valence-electron chi connectivity index (χ4n) is 2.83. The number of aliphatic imine (C=N–C) groups is 1. The summed E-state index contributed by atoms with van der Waals surface area (Å²) in [6.45, 7) is 10.7. The van der Waals surface area contributed by atoms with Crippen LogP contribution in [0.1, 0.15) is 18.1 Å². The Morgan fingerprint density at radius 2 is 1.75 bits per heavy atom. The van der Waals surface area contributed by atoms with E-state index in [2.05, 4.69) is 47.3 Å². The SMILES string of the molecule is CC(=O)N1CCN(CCN=C(N)Nc2cc(C)cc(C)c2)CC1.I. The molecule has 1 aliphatic rings. The topological polar surface area (TPSA) is 74.0 Å². The van der Waals surface area contributed by atoms with Crippen LogP contribution in [-0.4, -0.2) is 60.9 Å². The largest absolute Gasteiger partial charge is 0.370 e. The van der Waals surface area contributed by atoms with E-state index in [1.165, 1.54) is 11.1 Å². The van der Waals surface area contributed by atoms with Crippen LogP contribution >= 0.6 is 24.0 Å². The van der Waals surface area contributed by atoms with Gasteiger partial charge < -0.3 is 16.0 Å². The van der Waals surface area contributed by atoms with Crippen molar-refractivity contribution in [3.63, 3.8) is 0 Å². The Morgan fingerprint density at radius 3 is 2.29 bits per heavy atom. The number of nitrogens with one attached hydrogen (secondary N) is 1. The summed E-state index contributed by atoms with van der Waals surface area (Å²) in [5.74, 6) is 0.599. The van der Waals surface area contributed by atoms with Crippen molar-refractivity contribution in [3.05, 3.63) is 29.3 Å². The zero-order valence-corrected chi connectivity index (χ0v) is 17.0. The highest BCUT2D eigenvalue weighted by molar-refractivity contribution is 14.0. The molecule has 1 fully saturated rings. The standard InChI is InChI=1S/C17H27N5O.HI/c1-13-10-14(2)12-16(11-13)20-17(18)19-4-5-21-6-8-22(9-7-21)15(3)23;/h10-12H,4-9H2,1-3H3,(H3,18,19,20);1H. The van der Waals surface area contributed by atoms with E-state index < -0.39 is 0 Å². The lowest BCUT2D eigenvalue weighted by Crippen LogP contribution is -2.48. The Morgan fingerprint density at radius 1 is 1.17 bits per heavy atom. The number of piperazine rings is 1. The number of rotatable bonds is 4. The molecule has 0 aliphatic carbocycles. The zero-order chi connectivity index (χ0) is 16.8. The molecule has 7 heteroatoms. The normalized spacial score (nSPS) is 15.8. The third-order valence-corrected chi connectivity index (χ3v) is 4.01. The van der Waals surface area contributed by atoms with Crippen molar-refractivity contribution in [2.45, 2.75) is 20.8 Å². The van der Waals surface area contributed by atoms with Crippen LogP contribution in [-0.2, 0) is 4.79 Å². The second-order valence-electron chi connectivity index (χ2n) is 6.12. The number of carbonyl (C=O) groups is 1. The summed E-state index contributed by atoms with van der Waals surface area (Å²) in [7, 11) is 0. The monoisotopic (exact) mass is 445 g/mol. The average molecular weight is 445 g/mol. The van der Waals surface area contributed by atoms with Crippen LogP contribution in [0.15, 0.2) is 23.2 Å². The molecular weight excluding hydrogens is 417 g/mol. The number of hydrogen-bond donors (Lipinski definition) is 2. The molecule has 24 heavy (non-hydrogen) atoms. The van der Waals surface area contributed by atoms with Crippen molar-refractivity contribution in [2.75, 3.05) is 44.6 Å². The van der Waals surface area contributed by atoms with Gasteiger partial charge in [0.25, 0.3) is 0 Å². The quantitative estimate of drug-likeness (QED) is 0.421. The Balaban J connectivity index is 0.00000288. The molecule has 1 aliphatic heterocycles. The lowest BCUT2D eigenvalue weighted by atomic mass is 10.1. The van der Waals surface area contributed by atoms with Gasteiger partial charge >= 0.3 is 0 Å². The Bertz CT molecular complexity index is 562. The van der Waals surface area contributed by atoms with Gasteiger partial charge in [0.15, 0.2) is 5.96 Å². The van der Waals surface area contributed by atoms with E-state index in [0.29, 0.717) is 12.5 Å². The van der Waals surface area contributed by atoms with E-state index in [-0.39, 0.29) is 29.9 Å². The molecule has 1 aromatic rings. The average Bonchev–Trinajstić information content (AvgIpc) is 2.46. The Kier molecular flexibility index (Phi) is 8.47. The first-order valence-corrected chi connectivity index (χ1v) is 8.07. The molecule has 1 heterocycles. The number of carbonyl (C=O) groups excluding carboxylic acids is 1. The summed E-state index contributed by atoms with van der Waals surface area (Å²) < 4.78 is 0. The number of nitrogens with two attached hydrogens (primary N) is 1. The first-order valence-electron chi connectivity index (χ1n) is 8.07. The van der Waals surface area contributed by atoms with Crippen molar-refractivity contribution in [2.24, 2.45) is 10.7 Å². The Hall–Kier alpha value is -1.35. The number of anilines is 1. The van der Waals surface area contributed by atoms with Gasteiger partial charge in [0.1, 0.15) is 0 Å². The van der Waals surface area contributed by atoms with Crippen LogP contribution in [0.5, 0.6) is 0 Å². The molecule has 1 saturated heterocycles. The molecule has 134 valence electrons. The molecular formula is C17H28IN5O. The number of hydrogen-bond acceptors (Lipinski definition) is 3. The predicted octanol–water partition coefficient (Wildman–Crippen LogP) is 1.81. The highest BCUT2D eigenvalue weighted by Gasteiger charge is 2.17. The molecule has 1 aromatic carbocycles. The Labute approximate surface area is 161 Å². The van der Waals surface area contributed by atoms with E-state index >= 15 is 0 Å². The van der Waals surface area contributed by atoms with Crippen LogP contribution in [0.4, 0.5) is 5.69 Å². The van der Waals surface area contributed by atoms with Crippen molar-refractivity contribution in [3.8, 4) is 0 Å². The van der Waals surface area contributed by atoms with E-state index in [0.717, 1.165) is 38.4 Å². The van der Waals surface area contributed by atoms with Crippen molar-refractivity contribution in [1.29, 1.82) is 0 Å². The van der Waals surface area contributed by atoms with Crippen LogP contribution in [0.3, 0.4) is 0 Å². The maximum atomic E-state index is 11.3. The van der Waals surface area contributed by atoms with Crippen LogP contribution in [0.2, 0.25) is 0 Å². The third kappa shape index (κ3) is 6.64. The molecule has 0 radical (unpaired) electrons. The molecule has 0 atom stereocenters. The van der Waals surface area contributed by atoms with Crippen molar-refractivity contribution >= 4 is 41.5 Å². The predicted molar refractivity (Wildman–Crippen MR) is 110 cm³/mol.